The lowest BCUT2D eigenvalue weighted by molar-refractivity contribution is 0.248. The summed E-state index contributed by atoms with van der Waals surface area (Å²) in [5, 5.41) is 0. The number of pyridine rings is 1. The first-order valence-electron chi connectivity index (χ1n) is 5.06. The minimum absolute atomic E-state index is 0.236. The van der Waals surface area contributed by atoms with Crippen LogP contribution in [-0.4, -0.2) is 9.51 Å². The van der Waals surface area contributed by atoms with Crippen LogP contribution < -0.4 is 0 Å². The van der Waals surface area contributed by atoms with E-state index in [9.17, 15) is 4.48 Å². The summed E-state index contributed by atoms with van der Waals surface area (Å²) in [6, 6.07) is 14.6. The summed E-state index contributed by atoms with van der Waals surface area (Å²) < 4.78 is 14.4. The number of aromatic nitrogens is 1. The fourth-order valence-corrected chi connectivity index (χ4v) is 1.92. The molecule has 0 atom stereocenters. The summed E-state index contributed by atoms with van der Waals surface area (Å²) in [6.07, 6.45) is 1.61. The van der Waals surface area contributed by atoms with Gasteiger partial charge in [-0.25, -0.2) is 0 Å². The van der Waals surface area contributed by atoms with Crippen molar-refractivity contribution in [2.24, 2.45) is 0 Å². The summed E-state index contributed by atoms with van der Waals surface area (Å²) in [5.41, 5.74) is 0.762. The zero-order valence-corrected chi connectivity index (χ0v) is 9.90. The fraction of sp³-hybridized carbons (Fsp3) is 0. The van der Waals surface area contributed by atoms with Crippen LogP contribution in [0.3, 0.4) is 0 Å². The van der Waals surface area contributed by atoms with E-state index in [0.29, 0.717) is 10.2 Å². The maximum Gasteiger partial charge on any atom is 0.101 e. The van der Waals surface area contributed by atoms with E-state index in [1.165, 1.54) is 0 Å². The molecule has 0 spiro atoms. The van der Waals surface area contributed by atoms with Gasteiger partial charge in [-0.2, -0.15) is 0 Å². The lowest BCUT2D eigenvalue weighted by Crippen LogP contribution is -2.02. The Morgan fingerprint density at radius 1 is 1.12 bits per heavy atom. The van der Waals surface area contributed by atoms with Crippen molar-refractivity contribution >= 4 is 17.6 Å². The highest BCUT2D eigenvalue weighted by atomic mass is 32.2. The van der Waals surface area contributed by atoms with Crippen LogP contribution in [0.2, 0.25) is 0 Å². The van der Waals surface area contributed by atoms with Crippen LogP contribution in [0.1, 0.15) is 5.69 Å². The Bertz CT molecular complexity index is 487. The Morgan fingerprint density at radius 2 is 1.82 bits per heavy atom. The van der Waals surface area contributed by atoms with Gasteiger partial charge >= 0.3 is 0 Å². The molecule has 2 nitrogen and oxygen atoms in total. The summed E-state index contributed by atoms with van der Waals surface area (Å²) in [6.45, 7) is 3.69. The highest BCUT2D eigenvalue weighted by molar-refractivity contribution is 7.97. The van der Waals surface area contributed by atoms with Crippen LogP contribution in [0.15, 0.2) is 66.2 Å². The molecule has 0 radical (unpaired) electrons. The normalized spacial score (nSPS) is 9.94. The van der Waals surface area contributed by atoms with E-state index in [1.807, 2.05) is 30.3 Å². The van der Waals surface area contributed by atoms with Crippen molar-refractivity contribution in [3.63, 3.8) is 0 Å². The summed E-state index contributed by atoms with van der Waals surface area (Å²) in [5.74, 6) is 0. The van der Waals surface area contributed by atoms with Gasteiger partial charge in [0.05, 0.1) is 5.69 Å². The minimum atomic E-state index is 0.236. The van der Waals surface area contributed by atoms with E-state index in [-0.39, 0.29) is 5.70 Å². The number of benzene rings is 1. The smallest absolute Gasteiger partial charge is 0.101 e. The Balaban J connectivity index is 2.06. The molecule has 0 aliphatic heterocycles. The molecule has 1 heterocycles. The molecular formula is C13H11FN2S. The Kier molecular flexibility index (Phi) is 3.77. The molecule has 0 fully saturated rings. The molecule has 2 aromatic rings. The predicted molar refractivity (Wildman–Crippen MR) is 68.5 cm³/mol. The van der Waals surface area contributed by atoms with Crippen molar-refractivity contribution in [3.8, 4) is 0 Å². The van der Waals surface area contributed by atoms with Crippen molar-refractivity contribution in [1.29, 1.82) is 0 Å². The van der Waals surface area contributed by atoms with Crippen LogP contribution in [0.25, 0.3) is 5.70 Å². The van der Waals surface area contributed by atoms with Crippen LogP contribution >= 0.6 is 11.9 Å². The maximum atomic E-state index is 13.8. The van der Waals surface area contributed by atoms with Crippen molar-refractivity contribution in [3.05, 3.63) is 67.0 Å². The molecule has 0 aliphatic carbocycles. The molecule has 0 bridgehead atoms. The molecule has 17 heavy (non-hydrogen) atoms. The zero-order valence-electron chi connectivity index (χ0n) is 9.08. The summed E-state index contributed by atoms with van der Waals surface area (Å²) >= 11 is 0.974. The molecule has 0 aliphatic rings. The van der Waals surface area contributed by atoms with Crippen molar-refractivity contribution < 1.29 is 4.48 Å². The van der Waals surface area contributed by atoms with Gasteiger partial charge in [-0.3, -0.25) is 4.98 Å². The third-order valence-electron chi connectivity index (χ3n) is 2.10. The molecule has 0 saturated carbocycles. The van der Waals surface area contributed by atoms with Crippen molar-refractivity contribution in [2.45, 2.75) is 4.90 Å². The van der Waals surface area contributed by atoms with Crippen LogP contribution in [-0.2, 0) is 0 Å². The van der Waals surface area contributed by atoms with Crippen molar-refractivity contribution in [2.75, 3.05) is 0 Å². The van der Waals surface area contributed by atoms with Crippen molar-refractivity contribution in [1.82, 2.24) is 9.51 Å². The second kappa shape index (κ2) is 5.50. The SMILES string of the molecule is C=C(c1ccccn1)N(F)Sc1ccccc1. The van der Waals surface area contributed by atoms with Gasteiger partial charge in [-0.1, -0.05) is 35.3 Å². The summed E-state index contributed by atoms with van der Waals surface area (Å²) in [7, 11) is 0. The summed E-state index contributed by atoms with van der Waals surface area (Å²) in [4.78, 5) is 4.86. The number of nitrogens with zero attached hydrogens (tertiary/aromatic N) is 2. The topological polar surface area (TPSA) is 16.1 Å². The van der Waals surface area contributed by atoms with Gasteiger partial charge < -0.3 is 0 Å². The molecule has 1 aromatic heterocycles. The number of hydrogen-bond acceptors (Lipinski definition) is 3. The van der Waals surface area contributed by atoms with Gasteiger partial charge in [0.1, 0.15) is 5.70 Å². The molecule has 4 heteroatoms. The van der Waals surface area contributed by atoms with E-state index in [2.05, 4.69) is 11.6 Å². The molecule has 86 valence electrons. The monoisotopic (exact) mass is 246 g/mol. The Hall–Kier alpha value is -1.81. The first kappa shape index (κ1) is 11.7. The van der Waals surface area contributed by atoms with Gasteiger partial charge in [0.25, 0.3) is 0 Å². The van der Waals surface area contributed by atoms with Crippen LogP contribution in [0.5, 0.6) is 0 Å². The first-order valence-corrected chi connectivity index (χ1v) is 5.84. The largest absolute Gasteiger partial charge is 0.255 e. The quantitative estimate of drug-likeness (QED) is 0.600. The molecule has 0 saturated heterocycles. The second-order valence-electron chi connectivity index (χ2n) is 3.31. The maximum absolute atomic E-state index is 13.8. The fourth-order valence-electron chi connectivity index (χ4n) is 1.25. The minimum Gasteiger partial charge on any atom is -0.255 e. The van der Waals surface area contributed by atoms with E-state index in [1.54, 1.807) is 24.4 Å². The Morgan fingerprint density at radius 3 is 2.47 bits per heavy atom. The number of halogens is 1. The Labute approximate surface area is 104 Å². The van der Waals surface area contributed by atoms with Gasteiger partial charge in [0.15, 0.2) is 0 Å². The molecular weight excluding hydrogens is 235 g/mol. The predicted octanol–water partition coefficient (Wildman–Crippen LogP) is 3.95. The van der Waals surface area contributed by atoms with Gasteiger partial charge in [-0.15, -0.1) is 4.53 Å². The molecule has 2 rings (SSSR count). The van der Waals surface area contributed by atoms with E-state index in [0.717, 1.165) is 16.8 Å². The average molecular weight is 246 g/mol. The van der Waals surface area contributed by atoms with Crippen LogP contribution in [0, 0.1) is 0 Å². The highest BCUT2D eigenvalue weighted by Gasteiger charge is 2.11. The number of hydrogen-bond donors (Lipinski definition) is 0. The molecule has 1 aromatic carbocycles. The van der Waals surface area contributed by atoms with E-state index >= 15 is 0 Å². The second-order valence-corrected chi connectivity index (χ2v) is 4.29. The van der Waals surface area contributed by atoms with E-state index in [4.69, 9.17) is 0 Å². The molecule has 0 unspecified atom stereocenters. The van der Waals surface area contributed by atoms with Gasteiger partial charge in [0, 0.05) is 23.0 Å². The lowest BCUT2D eigenvalue weighted by Gasteiger charge is -2.13. The van der Waals surface area contributed by atoms with Crippen LogP contribution in [0.4, 0.5) is 4.48 Å². The molecule has 0 amide bonds. The molecule has 0 N–H and O–H groups in total. The average Bonchev–Trinajstić information content (AvgIpc) is 2.40. The van der Waals surface area contributed by atoms with Gasteiger partial charge in [-0.05, 0) is 24.3 Å². The highest BCUT2D eigenvalue weighted by Crippen LogP contribution is 2.29. The number of rotatable bonds is 4. The van der Waals surface area contributed by atoms with Gasteiger partial charge in [0.2, 0.25) is 0 Å². The zero-order chi connectivity index (χ0) is 12.1. The lowest BCUT2D eigenvalue weighted by atomic mass is 10.3. The van der Waals surface area contributed by atoms with E-state index < -0.39 is 0 Å². The standard InChI is InChI=1S/C13H11FN2S/c1-11(13-9-5-6-10-15-13)16(14)17-12-7-3-2-4-8-12/h2-10H,1H2. The first-order chi connectivity index (χ1) is 8.27. The third kappa shape index (κ3) is 3.07. The third-order valence-corrected chi connectivity index (χ3v) is 2.97.